The zero-order chi connectivity index (χ0) is 9.97. The van der Waals surface area contributed by atoms with E-state index in [1.54, 1.807) is 11.3 Å². The minimum atomic E-state index is 0.305. The van der Waals surface area contributed by atoms with Gasteiger partial charge in [0.15, 0.2) is 5.96 Å². The zero-order valence-corrected chi connectivity index (χ0v) is 8.70. The van der Waals surface area contributed by atoms with Gasteiger partial charge in [-0.2, -0.15) is 11.3 Å². The largest absolute Gasteiger partial charge is 0.370 e. The maximum absolute atomic E-state index is 5.79. The lowest BCUT2D eigenvalue weighted by Gasteiger charge is -2.24. The second kappa shape index (κ2) is 3.84. The predicted octanol–water partition coefficient (Wildman–Crippen LogP) is 1.61. The molecule has 0 saturated heterocycles. The Morgan fingerprint density at radius 3 is 3.29 bits per heavy atom. The van der Waals surface area contributed by atoms with Gasteiger partial charge >= 0.3 is 0 Å². The number of rotatable bonds is 3. The number of thiophene rings is 1. The summed E-state index contributed by atoms with van der Waals surface area (Å²) in [6.07, 6.45) is 1.85. The van der Waals surface area contributed by atoms with Crippen molar-refractivity contribution in [1.82, 2.24) is 4.90 Å². The van der Waals surface area contributed by atoms with Crippen molar-refractivity contribution in [3.8, 4) is 0 Å². The first kappa shape index (κ1) is 9.27. The molecule has 74 valence electrons. The van der Waals surface area contributed by atoms with Crippen LogP contribution in [0.25, 0.3) is 0 Å². The summed E-state index contributed by atoms with van der Waals surface area (Å²) >= 11 is 1.70. The summed E-state index contributed by atoms with van der Waals surface area (Å²) in [5, 5.41) is 4.23. The van der Waals surface area contributed by atoms with Crippen molar-refractivity contribution in [3.05, 3.63) is 35.0 Å². The third-order valence-corrected chi connectivity index (χ3v) is 3.05. The molecule has 1 aromatic rings. The smallest absolute Gasteiger partial charge is 0.192 e. The van der Waals surface area contributed by atoms with E-state index < -0.39 is 0 Å². The summed E-state index contributed by atoms with van der Waals surface area (Å²) in [7, 11) is 0. The average molecular weight is 207 g/mol. The molecule has 0 radical (unpaired) electrons. The second-order valence-corrected chi connectivity index (χ2v) is 3.99. The minimum absolute atomic E-state index is 0.305. The number of hydrogen-bond acceptors (Lipinski definition) is 4. The molecule has 1 atom stereocenters. The van der Waals surface area contributed by atoms with E-state index in [0.29, 0.717) is 12.0 Å². The lowest BCUT2D eigenvalue weighted by atomic mass is 10.1. The molecule has 4 heteroatoms. The molecule has 2 heterocycles. The van der Waals surface area contributed by atoms with Gasteiger partial charge in [-0.3, -0.25) is 4.99 Å². The van der Waals surface area contributed by atoms with Crippen LogP contribution < -0.4 is 5.73 Å². The Morgan fingerprint density at radius 2 is 2.64 bits per heavy atom. The standard InChI is InChI=1S/C10H13N3S/c1-2-4-13-9(6-12-10(13)11)8-3-5-14-7-8/h2-3,5,7,9H,1,4,6H2,(H2,11,12). The lowest BCUT2D eigenvalue weighted by molar-refractivity contribution is 0.381. The van der Waals surface area contributed by atoms with Gasteiger partial charge in [-0.1, -0.05) is 6.08 Å². The molecule has 1 aromatic heterocycles. The van der Waals surface area contributed by atoms with Gasteiger partial charge in [0.25, 0.3) is 0 Å². The highest BCUT2D eigenvalue weighted by Crippen LogP contribution is 2.26. The summed E-state index contributed by atoms with van der Waals surface area (Å²) in [6, 6.07) is 2.43. The van der Waals surface area contributed by atoms with Gasteiger partial charge in [0.2, 0.25) is 0 Å². The maximum Gasteiger partial charge on any atom is 0.192 e. The third-order valence-electron chi connectivity index (χ3n) is 2.35. The highest BCUT2D eigenvalue weighted by Gasteiger charge is 2.26. The van der Waals surface area contributed by atoms with Crippen molar-refractivity contribution in [2.75, 3.05) is 13.1 Å². The lowest BCUT2D eigenvalue weighted by Crippen LogP contribution is -2.35. The Bertz CT molecular complexity index is 342. The summed E-state index contributed by atoms with van der Waals surface area (Å²) < 4.78 is 0. The van der Waals surface area contributed by atoms with Crippen LogP contribution in [0.3, 0.4) is 0 Å². The van der Waals surface area contributed by atoms with Crippen LogP contribution in [0.1, 0.15) is 11.6 Å². The van der Waals surface area contributed by atoms with Crippen LogP contribution in [-0.4, -0.2) is 23.9 Å². The highest BCUT2D eigenvalue weighted by molar-refractivity contribution is 7.07. The Morgan fingerprint density at radius 1 is 1.79 bits per heavy atom. The fourth-order valence-electron chi connectivity index (χ4n) is 1.64. The molecule has 0 bridgehead atoms. The van der Waals surface area contributed by atoms with Gasteiger partial charge in [0.05, 0.1) is 12.6 Å². The normalized spacial score (nSPS) is 21.0. The highest BCUT2D eigenvalue weighted by atomic mass is 32.1. The molecule has 0 fully saturated rings. The molecule has 14 heavy (non-hydrogen) atoms. The molecule has 0 spiro atoms. The SMILES string of the molecule is C=CCN1C(N)=NCC1c1ccsc1. The molecular formula is C10H13N3S. The first-order chi connectivity index (χ1) is 6.83. The Labute approximate surface area is 87.6 Å². The van der Waals surface area contributed by atoms with E-state index in [9.17, 15) is 0 Å². The van der Waals surface area contributed by atoms with Crippen LogP contribution in [0.5, 0.6) is 0 Å². The van der Waals surface area contributed by atoms with Crippen LogP contribution >= 0.6 is 11.3 Å². The van der Waals surface area contributed by atoms with Crippen molar-refractivity contribution >= 4 is 17.3 Å². The van der Waals surface area contributed by atoms with Gasteiger partial charge in [-0.15, -0.1) is 6.58 Å². The summed E-state index contributed by atoms with van der Waals surface area (Å²) in [5.41, 5.74) is 7.09. The van der Waals surface area contributed by atoms with Crippen LogP contribution in [0.2, 0.25) is 0 Å². The molecule has 2 rings (SSSR count). The van der Waals surface area contributed by atoms with Gasteiger partial charge in [0, 0.05) is 6.54 Å². The molecule has 0 saturated carbocycles. The predicted molar refractivity (Wildman–Crippen MR) is 60.5 cm³/mol. The van der Waals surface area contributed by atoms with E-state index >= 15 is 0 Å². The number of nitrogens with two attached hydrogens (primary N) is 1. The molecule has 0 amide bonds. The topological polar surface area (TPSA) is 41.6 Å². The van der Waals surface area contributed by atoms with Crippen molar-refractivity contribution in [1.29, 1.82) is 0 Å². The molecule has 1 aliphatic rings. The Balaban J connectivity index is 2.18. The summed E-state index contributed by atoms with van der Waals surface area (Å²) in [5.74, 6) is 0.626. The fraction of sp³-hybridized carbons (Fsp3) is 0.300. The fourth-order valence-corrected chi connectivity index (χ4v) is 2.35. The van der Waals surface area contributed by atoms with Crippen LogP contribution in [0, 0.1) is 0 Å². The van der Waals surface area contributed by atoms with Crippen molar-refractivity contribution in [2.45, 2.75) is 6.04 Å². The zero-order valence-electron chi connectivity index (χ0n) is 7.89. The first-order valence-corrected chi connectivity index (χ1v) is 5.46. The summed E-state index contributed by atoms with van der Waals surface area (Å²) in [4.78, 5) is 6.33. The average Bonchev–Trinajstić information content (AvgIpc) is 2.77. The van der Waals surface area contributed by atoms with Crippen LogP contribution in [0.15, 0.2) is 34.5 Å². The second-order valence-electron chi connectivity index (χ2n) is 3.21. The minimum Gasteiger partial charge on any atom is -0.370 e. The molecule has 3 nitrogen and oxygen atoms in total. The Kier molecular flexibility index (Phi) is 2.54. The van der Waals surface area contributed by atoms with E-state index in [1.807, 2.05) is 6.08 Å². The van der Waals surface area contributed by atoms with E-state index in [4.69, 9.17) is 5.73 Å². The monoisotopic (exact) mass is 207 g/mol. The van der Waals surface area contributed by atoms with E-state index in [0.717, 1.165) is 13.1 Å². The number of nitrogens with zero attached hydrogens (tertiary/aromatic N) is 2. The number of hydrogen-bond donors (Lipinski definition) is 1. The number of guanidine groups is 1. The molecule has 1 unspecified atom stereocenters. The molecular weight excluding hydrogens is 194 g/mol. The van der Waals surface area contributed by atoms with Gasteiger partial charge in [-0.05, 0) is 22.4 Å². The molecule has 0 aliphatic carbocycles. The van der Waals surface area contributed by atoms with Crippen LogP contribution in [0.4, 0.5) is 0 Å². The molecule has 0 aromatic carbocycles. The summed E-state index contributed by atoms with van der Waals surface area (Å²) in [6.45, 7) is 5.24. The molecule has 2 N–H and O–H groups in total. The van der Waals surface area contributed by atoms with E-state index in [2.05, 4.69) is 33.3 Å². The quantitative estimate of drug-likeness (QED) is 0.765. The van der Waals surface area contributed by atoms with Crippen LogP contribution in [-0.2, 0) is 0 Å². The van der Waals surface area contributed by atoms with Gasteiger partial charge in [-0.25, -0.2) is 0 Å². The van der Waals surface area contributed by atoms with E-state index in [1.165, 1.54) is 5.56 Å². The maximum atomic E-state index is 5.79. The van der Waals surface area contributed by atoms with Crippen molar-refractivity contribution in [2.24, 2.45) is 10.7 Å². The first-order valence-electron chi connectivity index (χ1n) is 4.52. The van der Waals surface area contributed by atoms with Gasteiger partial charge in [0.1, 0.15) is 0 Å². The molecule has 1 aliphatic heterocycles. The van der Waals surface area contributed by atoms with Gasteiger partial charge < -0.3 is 10.6 Å². The van der Waals surface area contributed by atoms with E-state index in [-0.39, 0.29) is 0 Å². The number of aliphatic imine (C=N–C) groups is 1. The third kappa shape index (κ3) is 1.53. The van der Waals surface area contributed by atoms with Crippen molar-refractivity contribution in [3.63, 3.8) is 0 Å². The van der Waals surface area contributed by atoms with Crippen molar-refractivity contribution < 1.29 is 0 Å². The Hall–Kier alpha value is -1.29.